The Kier molecular flexibility index (Phi) is 3.95. The summed E-state index contributed by atoms with van der Waals surface area (Å²) in [6, 6.07) is 14.8. The van der Waals surface area contributed by atoms with E-state index in [-0.39, 0.29) is 0 Å². The summed E-state index contributed by atoms with van der Waals surface area (Å²) in [5.41, 5.74) is 5.25. The third kappa shape index (κ3) is 2.54. The molecular formula is C17H19ClN2. The van der Waals surface area contributed by atoms with Crippen LogP contribution < -0.4 is 10.2 Å². The quantitative estimate of drug-likeness (QED) is 0.912. The number of halogens is 1. The van der Waals surface area contributed by atoms with Gasteiger partial charge in [0.2, 0.25) is 0 Å². The standard InChI is InChI=1S/C17H19ClN2/c1-19-12-14-8-9-15(18)11-17(14)20-10-4-6-13-5-2-3-7-16(13)20/h2-3,5,7-9,11,19H,4,6,10,12H2,1H3. The summed E-state index contributed by atoms with van der Waals surface area (Å²) in [5.74, 6) is 0. The van der Waals surface area contributed by atoms with E-state index in [4.69, 9.17) is 11.6 Å². The van der Waals surface area contributed by atoms with E-state index in [9.17, 15) is 0 Å². The summed E-state index contributed by atoms with van der Waals surface area (Å²) in [6.45, 7) is 1.90. The van der Waals surface area contributed by atoms with Gasteiger partial charge in [-0.1, -0.05) is 35.9 Å². The Bertz CT molecular complexity index is 610. The van der Waals surface area contributed by atoms with Gasteiger partial charge in [-0.05, 0) is 49.2 Å². The molecular weight excluding hydrogens is 268 g/mol. The van der Waals surface area contributed by atoms with Crippen LogP contribution in [0.4, 0.5) is 11.4 Å². The molecule has 1 heterocycles. The van der Waals surface area contributed by atoms with Gasteiger partial charge in [-0.3, -0.25) is 0 Å². The number of benzene rings is 2. The van der Waals surface area contributed by atoms with Gasteiger partial charge >= 0.3 is 0 Å². The predicted molar refractivity (Wildman–Crippen MR) is 86.0 cm³/mol. The Morgan fingerprint density at radius 1 is 1.15 bits per heavy atom. The third-order valence-corrected chi connectivity index (χ3v) is 4.05. The van der Waals surface area contributed by atoms with Crippen LogP contribution in [-0.2, 0) is 13.0 Å². The Balaban J connectivity index is 2.07. The van der Waals surface area contributed by atoms with Crippen LogP contribution in [0, 0.1) is 0 Å². The maximum absolute atomic E-state index is 6.22. The van der Waals surface area contributed by atoms with Crippen molar-refractivity contribution in [3.8, 4) is 0 Å². The molecule has 0 spiro atoms. The zero-order valence-corrected chi connectivity index (χ0v) is 12.5. The second-order valence-corrected chi connectivity index (χ2v) is 5.62. The summed E-state index contributed by atoms with van der Waals surface area (Å²) < 4.78 is 0. The molecule has 104 valence electrons. The van der Waals surface area contributed by atoms with Crippen molar-refractivity contribution < 1.29 is 0 Å². The molecule has 0 aliphatic carbocycles. The molecule has 0 saturated carbocycles. The minimum atomic E-state index is 0.794. The maximum Gasteiger partial charge on any atom is 0.0471 e. The maximum atomic E-state index is 6.22. The number of hydrogen-bond acceptors (Lipinski definition) is 2. The van der Waals surface area contributed by atoms with Crippen molar-refractivity contribution in [2.45, 2.75) is 19.4 Å². The number of nitrogens with zero attached hydrogens (tertiary/aromatic N) is 1. The lowest BCUT2D eigenvalue weighted by Gasteiger charge is -2.33. The number of hydrogen-bond donors (Lipinski definition) is 1. The molecule has 2 nitrogen and oxygen atoms in total. The molecule has 2 aromatic carbocycles. The van der Waals surface area contributed by atoms with Crippen LogP contribution in [0.2, 0.25) is 5.02 Å². The molecule has 20 heavy (non-hydrogen) atoms. The van der Waals surface area contributed by atoms with E-state index in [0.717, 1.165) is 24.5 Å². The average Bonchev–Trinajstić information content (AvgIpc) is 2.49. The molecule has 1 aliphatic rings. The van der Waals surface area contributed by atoms with Gasteiger partial charge in [0, 0.05) is 29.5 Å². The van der Waals surface area contributed by atoms with Gasteiger partial charge in [-0.15, -0.1) is 0 Å². The fraction of sp³-hybridized carbons (Fsp3) is 0.294. The largest absolute Gasteiger partial charge is 0.341 e. The Labute approximate surface area is 125 Å². The minimum Gasteiger partial charge on any atom is -0.341 e. The van der Waals surface area contributed by atoms with E-state index in [2.05, 4.69) is 46.6 Å². The first-order valence-corrected chi connectivity index (χ1v) is 7.46. The monoisotopic (exact) mass is 286 g/mol. The van der Waals surface area contributed by atoms with Gasteiger partial charge in [-0.2, -0.15) is 0 Å². The zero-order chi connectivity index (χ0) is 13.9. The molecule has 0 saturated heterocycles. The summed E-state index contributed by atoms with van der Waals surface area (Å²) >= 11 is 6.22. The van der Waals surface area contributed by atoms with Crippen molar-refractivity contribution in [3.63, 3.8) is 0 Å². The second kappa shape index (κ2) is 5.86. The topological polar surface area (TPSA) is 15.3 Å². The first-order valence-electron chi connectivity index (χ1n) is 7.08. The summed E-state index contributed by atoms with van der Waals surface area (Å²) in [4.78, 5) is 2.40. The highest BCUT2D eigenvalue weighted by Crippen LogP contribution is 2.36. The highest BCUT2D eigenvalue weighted by Gasteiger charge is 2.20. The fourth-order valence-corrected chi connectivity index (χ4v) is 3.08. The van der Waals surface area contributed by atoms with Gasteiger partial charge in [0.15, 0.2) is 0 Å². The number of anilines is 2. The Morgan fingerprint density at radius 2 is 2.00 bits per heavy atom. The van der Waals surface area contributed by atoms with E-state index >= 15 is 0 Å². The van der Waals surface area contributed by atoms with Gasteiger partial charge in [-0.25, -0.2) is 0 Å². The Hall–Kier alpha value is -1.51. The molecule has 0 fully saturated rings. The van der Waals surface area contributed by atoms with Gasteiger partial charge < -0.3 is 10.2 Å². The highest BCUT2D eigenvalue weighted by molar-refractivity contribution is 6.30. The Morgan fingerprint density at radius 3 is 2.85 bits per heavy atom. The summed E-state index contributed by atoms with van der Waals surface area (Å²) in [6.07, 6.45) is 2.34. The molecule has 3 rings (SSSR count). The van der Waals surface area contributed by atoms with E-state index in [1.165, 1.54) is 28.9 Å². The average molecular weight is 287 g/mol. The molecule has 0 bridgehead atoms. The highest BCUT2D eigenvalue weighted by atomic mass is 35.5. The van der Waals surface area contributed by atoms with Crippen molar-refractivity contribution in [1.82, 2.24) is 5.32 Å². The molecule has 1 aliphatic heterocycles. The molecule has 0 radical (unpaired) electrons. The summed E-state index contributed by atoms with van der Waals surface area (Å²) in [7, 11) is 1.97. The van der Waals surface area contributed by atoms with Crippen molar-refractivity contribution in [1.29, 1.82) is 0 Å². The van der Waals surface area contributed by atoms with E-state index < -0.39 is 0 Å². The number of fused-ring (bicyclic) bond motifs is 1. The van der Waals surface area contributed by atoms with E-state index in [0.29, 0.717) is 0 Å². The van der Waals surface area contributed by atoms with E-state index in [1.54, 1.807) is 0 Å². The van der Waals surface area contributed by atoms with Crippen molar-refractivity contribution in [3.05, 3.63) is 58.6 Å². The van der Waals surface area contributed by atoms with Crippen LogP contribution in [0.15, 0.2) is 42.5 Å². The van der Waals surface area contributed by atoms with Crippen molar-refractivity contribution >= 4 is 23.0 Å². The number of para-hydroxylation sites is 1. The number of nitrogens with one attached hydrogen (secondary N) is 1. The van der Waals surface area contributed by atoms with Crippen LogP contribution >= 0.6 is 11.6 Å². The van der Waals surface area contributed by atoms with E-state index in [1.807, 2.05) is 13.1 Å². The van der Waals surface area contributed by atoms with Crippen molar-refractivity contribution in [2.24, 2.45) is 0 Å². The van der Waals surface area contributed by atoms with Gasteiger partial charge in [0.1, 0.15) is 0 Å². The normalized spacial score (nSPS) is 14.2. The molecule has 3 heteroatoms. The molecule has 0 unspecified atom stereocenters. The molecule has 0 atom stereocenters. The van der Waals surface area contributed by atoms with Gasteiger partial charge in [0.25, 0.3) is 0 Å². The first kappa shape index (κ1) is 13.5. The van der Waals surface area contributed by atoms with Crippen LogP contribution in [0.3, 0.4) is 0 Å². The summed E-state index contributed by atoms with van der Waals surface area (Å²) in [5, 5.41) is 4.03. The van der Waals surface area contributed by atoms with Crippen LogP contribution in [0.1, 0.15) is 17.5 Å². The SMILES string of the molecule is CNCc1ccc(Cl)cc1N1CCCc2ccccc21. The minimum absolute atomic E-state index is 0.794. The lowest BCUT2D eigenvalue weighted by molar-refractivity contribution is 0.755. The van der Waals surface area contributed by atoms with Crippen molar-refractivity contribution in [2.75, 3.05) is 18.5 Å². The fourth-order valence-electron chi connectivity index (χ4n) is 2.91. The van der Waals surface area contributed by atoms with Crippen LogP contribution in [-0.4, -0.2) is 13.6 Å². The van der Waals surface area contributed by atoms with Crippen LogP contribution in [0.5, 0.6) is 0 Å². The molecule has 2 aromatic rings. The third-order valence-electron chi connectivity index (χ3n) is 3.82. The molecule has 0 amide bonds. The second-order valence-electron chi connectivity index (χ2n) is 5.19. The van der Waals surface area contributed by atoms with Crippen LogP contribution in [0.25, 0.3) is 0 Å². The van der Waals surface area contributed by atoms with Gasteiger partial charge in [0.05, 0.1) is 0 Å². The lowest BCUT2D eigenvalue weighted by atomic mass is 10.00. The zero-order valence-electron chi connectivity index (χ0n) is 11.7. The number of aryl methyl sites for hydroxylation is 1. The predicted octanol–water partition coefficient (Wildman–Crippen LogP) is 4.14. The first-order chi connectivity index (χ1) is 9.79. The molecule has 0 aromatic heterocycles. The smallest absolute Gasteiger partial charge is 0.0471 e. The lowest BCUT2D eigenvalue weighted by Crippen LogP contribution is -2.26. The number of rotatable bonds is 3. The molecule has 1 N–H and O–H groups in total.